The Morgan fingerprint density at radius 2 is 2.04 bits per heavy atom. The summed E-state index contributed by atoms with van der Waals surface area (Å²) in [5.74, 6) is -0.0594. The van der Waals surface area contributed by atoms with Crippen molar-refractivity contribution in [1.29, 1.82) is 0 Å². The number of carbonyl (C=O) groups excluding carboxylic acids is 1. The van der Waals surface area contributed by atoms with E-state index in [2.05, 4.69) is 27.9 Å². The molecule has 3 rings (SSSR count). The topological polar surface area (TPSA) is 68.2 Å². The van der Waals surface area contributed by atoms with Crippen LogP contribution in [0.4, 0.5) is 0 Å². The Labute approximate surface area is 154 Å². The number of nitrogens with one attached hydrogen (secondary N) is 2. The van der Waals surface area contributed by atoms with Crippen molar-refractivity contribution in [2.24, 2.45) is 5.41 Å². The molecule has 0 unspecified atom stereocenters. The molecule has 0 atom stereocenters. The van der Waals surface area contributed by atoms with Gasteiger partial charge in [0.2, 0.25) is 0 Å². The molecule has 1 aliphatic heterocycles. The van der Waals surface area contributed by atoms with Crippen LogP contribution in [0.5, 0.6) is 0 Å². The van der Waals surface area contributed by atoms with Gasteiger partial charge < -0.3 is 15.4 Å². The highest BCUT2D eigenvalue weighted by molar-refractivity contribution is 5.95. The number of nitrogens with zero attached hydrogens (tertiary/aromatic N) is 2. The summed E-state index contributed by atoms with van der Waals surface area (Å²) in [5, 5.41) is 10.9. The number of amides is 1. The zero-order valence-corrected chi connectivity index (χ0v) is 15.6. The number of ether oxygens (including phenoxy) is 1. The van der Waals surface area contributed by atoms with Gasteiger partial charge in [-0.2, -0.15) is 5.10 Å². The molecular formula is C20H28N4O2. The van der Waals surface area contributed by atoms with Crippen LogP contribution in [0.15, 0.2) is 36.5 Å². The average Bonchev–Trinajstić information content (AvgIpc) is 3.02. The number of hydrogen-bond donors (Lipinski definition) is 2. The molecule has 2 heterocycles. The Bertz CT molecular complexity index is 715. The smallest absolute Gasteiger partial charge is 0.254 e. The Kier molecular flexibility index (Phi) is 6.06. The molecule has 0 saturated carbocycles. The Balaban J connectivity index is 1.64. The fourth-order valence-corrected chi connectivity index (χ4v) is 3.58. The van der Waals surface area contributed by atoms with Gasteiger partial charge in [0.1, 0.15) is 0 Å². The van der Waals surface area contributed by atoms with Gasteiger partial charge in [-0.3, -0.25) is 9.48 Å². The first-order valence-electron chi connectivity index (χ1n) is 9.18. The summed E-state index contributed by atoms with van der Waals surface area (Å²) in [7, 11) is 1.73. The minimum atomic E-state index is -0.0594. The van der Waals surface area contributed by atoms with E-state index in [0.29, 0.717) is 25.3 Å². The van der Waals surface area contributed by atoms with E-state index in [1.165, 1.54) is 5.56 Å². The number of aromatic nitrogens is 2. The molecule has 0 bridgehead atoms. The Hall–Kier alpha value is -2.18. The lowest BCUT2D eigenvalue weighted by atomic mass is 9.79. The van der Waals surface area contributed by atoms with E-state index in [-0.39, 0.29) is 11.3 Å². The van der Waals surface area contributed by atoms with Gasteiger partial charge >= 0.3 is 0 Å². The molecule has 140 valence electrons. The van der Waals surface area contributed by atoms with Gasteiger partial charge in [-0.15, -0.1) is 0 Å². The van der Waals surface area contributed by atoms with Crippen molar-refractivity contribution in [2.75, 3.05) is 33.4 Å². The van der Waals surface area contributed by atoms with Crippen molar-refractivity contribution in [1.82, 2.24) is 20.4 Å². The fraction of sp³-hybridized carbons (Fsp3) is 0.500. The molecule has 2 aromatic rings. The van der Waals surface area contributed by atoms with Crippen molar-refractivity contribution in [3.8, 4) is 0 Å². The quantitative estimate of drug-likeness (QED) is 0.796. The van der Waals surface area contributed by atoms with Gasteiger partial charge in [0.15, 0.2) is 0 Å². The fourth-order valence-electron chi connectivity index (χ4n) is 3.58. The molecule has 0 radical (unpaired) electrons. The predicted octanol–water partition coefficient (Wildman–Crippen LogP) is 1.99. The summed E-state index contributed by atoms with van der Waals surface area (Å²) >= 11 is 0. The number of hydrogen-bond acceptors (Lipinski definition) is 4. The van der Waals surface area contributed by atoms with Crippen molar-refractivity contribution < 1.29 is 9.53 Å². The van der Waals surface area contributed by atoms with E-state index < -0.39 is 0 Å². The third-order valence-electron chi connectivity index (χ3n) is 5.26. The van der Waals surface area contributed by atoms with Gasteiger partial charge in [-0.1, -0.05) is 30.3 Å². The summed E-state index contributed by atoms with van der Waals surface area (Å²) in [6.45, 7) is 5.84. The third-order valence-corrected chi connectivity index (χ3v) is 5.26. The molecule has 1 fully saturated rings. The van der Waals surface area contributed by atoms with E-state index in [1.54, 1.807) is 13.3 Å². The summed E-state index contributed by atoms with van der Waals surface area (Å²) in [5.41, 5.74) is 2.71. The number of methoxy groups -OCH3 is 1. The predicted molar refractivity (Wildman–Crippen MR) is 101 cm³/mol. The highest BCUT2D eigenvalue weighted by Crippen LogP contribution is 2.28. The molecule has 6 nitrogen and oxygen atoms in total. The summed E-state index contributed by atoms with van der Waals surface area (Å²) in [4.78, 5) is 12.7. The molecule has 26 heavy (non-hydrogen) atoms. The molecule has 1 saturated heterocycles. The summed E-state index contributed by atoms with van der Waals surface area (Å²) < 4.78 is 7.30. The van der Waals surface area contributed by atoms with E-state index in [4.69, 9.17) is 4.74 Å². The molecule has 2 N–H and O–H groups in total. The summed E-state index contributed by atoms with van der Waals surface area (Å²) in [6, 6.07) is 10.1. The molecular weight excluding hydrogens is 328 g/mol. The summed E-state index contributed by atoms with van der Waals surface area (Å²) in [6.07, 6.45) is 3.68. The molecule has 1 aromatic heterocycles. The number of rotatable bonds is 7. The largest absolute Gasteiger partial charge is 0.384 e. The van der Waals surface area contributed by atoms with Crippen molar-refractivity contribution in [3.05, 3.63) is 53.3 Å². The van der Waals surface area contributed by atoms with Crippen LogP contribution < -0.4 is 10.6 Å². The minimum Gasteiger partial charge on any atom is -0.384 e. The van der Waals surface area contributed by atoms with Crippen LogP contribution in [0.3, 0.4) is 0 Å². The maximum absolute atomic E-state index is 12.7. The Morgan fingerprint density at radius 1 is 1.31 bits per heavy atom. The first-order chi connectivity index (χ1) is 12.6. The number of carbonyl (C=O) groups is 1. The van der Waals surface area contributed by atoms with Crippen LogP contribution >= 0.6 is 0 Å². The van der Waals surface area contributed by atoms with Gasteiger partial charge in [-0.05, 0) is 38.4 Å². The third kappa shape index (κ3) is 4.31. The van der Waals surface area contributed by atoms with Gasteiger partial charge in [0.25, 0.3) is 5.91 Å². The SMILES string of the molecule is COCC1(CNC(=O)c2cnn(Cc3ccccc3)c2C)CCNCC1. The molecule has 1 aliphatic rings. The molecule has 0 spiro atoms. The number of benzene rings is 1. The maximum Gasteiger partial charge on any atom is 0.254 e. The van der Waals surface area contributed by atoms with Crippen LogP contribution in [0.25, 0.3) is 0 Å². The van der Waals surface area contributed by atoms with E-state index in [1.807, 2.05) is 29.8 Å². The lowest BCUT2D eigenvalue weighted by molar-refractivity contribution is 0.0511. The number of piperidine rings is 1. The van der Waals surface area contributed by atoms with Crippen LogP contribution in [0.2, 0.25) is 0 Å². The van der Waals surface area contributed by atoms with E-state index >= 15 is 0 Å². The highest BCUT2D eigenvalue weighted by atomic mass is 16.5. The second-order valence-corrected chi connectivity index (χ2v) is 7.15. The second kappa shape index (κ2) is 8.47. The van der Waals surface area contributed by atoms with E-state index in [0.717, 1.165) is 31.6 Å². The molecule has 1 aromatic carbocycles. The van der Waals surface area contributed by atoms with Crippen molar-refractivity contribution >= 4 is 5.91 Å². The normalized spacial score (nSPS) is 16.4. The van der Waals surface area contributed by atoms with E-state index in [9.17, 15) is 4.79 Å². The van der Waals surface area contributed by atoms with Gasteiger partial charge in [0.05, 0.1) is 24.9 Å². The van der Waals surface area contributed by atoms with Crippen LogP contribution in [-0.4, -0.2) is 49.0 Å². The lowest BCUT2D eigenvalue weighted by Gasteiger charge is -2.37. The minimum absolute atomic E-state index is 0.0175. The van der Waals surface area contributed by atoms with Gasteiger partial charge in [0, 0.05) is 24.8 Å². The maximum atomic E-state index is 12.7. The first-order valence-corrected chi connectivity index (χ1v) is 9.18. The monoisotopic (exact) mass is 356 g/mol. The molecule has 1 amide bonds. The van der Waals surface area contributed by atoms with Crippen molar-refractivity contribution in [3.63, 3.8) is 0 Å². The molecule has 0 aliphatic carbocycles. The zero-order chi connectivity index (χ0) is 18.4. The highest BCUT2D eigenvalue weighted by Gasteiger charge is 2.32. The lowest BCUT2D eigenvalue weighted by Crippen LogP contribution is -2.47. The second-order valence-electron chi connectivity index (χ2n) is 7.15. The average molecular weight is 356 g/mol. The Morgan fingerprint density at radius 3 is 2.73 bits per heavy atom. The van der Waals surface area contributed by atoms with Crippen LogP contribution in [-0.2, 0) is 11.3 Å². The standard InChI is InChI=1S/C20H28N4O2/c1-16-18(12-23-24(16)13-17-6-4-3-5-7-17)19(25)22-14-20(15-26-2)8-10-21-11-9-20/h3-7,12,21H,8-11,13-15H2,1-2H3,(H,22,25). The van der Waals surface area contributed by atoms with Crippen LogP contribution in [0, 0.1) is 12.3 Å². The first kappa shape index (κ1) is 18.6. The van der Waals surface area contributed by atoms with Crippen LogP contribution in [0.1, 0.15) is 34.5 Å². The van der Waals surface area contributed by atoms with Gasteiger partial charge in [-0.25, -0.2) is 0 Å². The zero-order valence-electron chi connectivity index (χ0n) is 15.6. The molecule has 6 heteroatoms. The van der Waals surface area contributed by atoms with Crippen molar-refractivity contribution in [2.45, 2.75) is 26.3 Å².